The van der Waals surface area contributed by atoms with Gasteiger partial charge in [0.05, 0.1) is 13.2 Å². The highest BCUT2D eigenvalue weighted by Gasteiger charge is 2.15. The van der Waals surface area contributed by atoms with Crippen LogP contribution in [0, 0.1) is 0 Å². The summed E-state index contributed by atoms with van der Waals surface area (Å²) >= 11 is 0. The fourth-order valence-corrected chi connectivity index (χ4v) is 2.25. The minimum absolute atomic E-state index is 0.0276. The van der Waals surface area contributed by atoms with Crippen molar-refractivity contribution in [2.75, 3.05) is 33.5 Å². The number of halogens is 2. The molecule has 0 fully saturated rings. The van der Waals surface area contributed by atoms with Crippen LogP contribution in [-0.4, -0.2) is 39.9 Å². The first-order chi connectivity index (χ1) is 10.2. The zero-order valence-corrected chi connectivity index (χ0v) is 12.1. The van der Waals surface area contributed by atoms with Gasteiger partial charge in [0.1, 0.15) is 6.61 Å². The second-order valence-electron chi connectivity index (χ2n) is 4.85. The molecule has 1 unspecified atom stereocenters. The molecular formula is C15H21F2NO3. The van der Waals surface area contributed by atoms with Gasteiger partial charge in [0.25, 0.3) is 6.43 Å². The van der Waals surface area contributed by atoms with Crippen LogP contribution < -0.4 is 14.8 Å². The molecule has 0 aromatic heterocycles. The van der Waals surface area contributed by atoms with Crippen LogP contribution in [-0.2, 0) is 4.74 Å². The summed E-state index contributed by atoms with van der Waals surface area (Å²) in [6.45, 7) is 1.06. The molecule has 0 saturated heterocycles. The average Bonchev–Trinajstić information content (AvgIpc) is 2.71. The third kappa shape index (κ3) is 4.82. The van der Waals surface area contributed by atoms with Crippen molar-refractivity contribution in [3.8, 4) is 11.5 Å². The Hall–Kier alpha value is -1.40. The van der Waals surface area contributed by atoms with Crippen molar-refractivity contribution in [2.45, 2.75) is 25.3 Å². The number of hydrogen-bond donors (Lipinski definition) is 1. The fraction of sp³-hybridized carbons (Fsp3) is 0.600. The summed E-state index contributed by atoms with van der Waals surface area (Å²) in [5, 5.41) is 3.17. The van der Waals surface area contributed by atoms with Crippen LogP contribution in [0.15, 0.2) is 18.2 Å². The van der Waals surface area contributed by atoms with E-state index in [1.165, 1.54) is 0 Å². The van der Waals surface area contributed by atoms with Gasteiger partial charge < -0.3 is 19.5 Å². The summed E-state index contributed by atoms with van der Waals surface area (Å²) in [6, 6.07) is 5.82. The van der Waals surface area contributed by atoms with Crippen molar-refractivity contribution in [2.24, 2.45) is 0 Å². The molecule has 1 aliphatic rings. The largest absolute Gasteiger partial charge is 0.490 e. The Morgan fingerprint density at radius 2 is 2.00 bits per heavy atom. The van der Waals surface area contributed by atoms with E-state index in [1.54, 1.807) is 0 Å². The number of rotatable bonds is 7. The molecule has 1 aromatic carbocycles. The predicted molar refractivity (Wildman–Crippen MR) is 75.3 cm³/mol. The molecule has 0 aliphatic carbocycles. The van der Waals surface area contributed by atoms with Crippen molar-refractivity contribution >= 4 is 0 Å². The second kappa shape index (κ2) is 8.14. The van der Waals surface area contributed by atoms with Crippen molar-refractivity contribution in [3.63, 3.8) is 0 Å². The zero-order valence-electron chi connectivity index (χ0n) is 12.1. The van der Waals surface area contributed by atoms with E-state index in [9.17, 15) is 8.78 Å². The molecule has 0 amide bonds. The number of benzene rings is 1. The van der Waals surface area contributed by atoms with Gasteiger partial charge in [-0.15, -0.1) is 0 Å². The summed E-state index contributed by atoms with van der Waals surface area (Å²) in [5.41, 5.74) is 1.03. The molecular weight excluding hydrogens is 280 g/mol. The van der Waals surface area contributed by atoms with E-state index in [2.05, 4.69) is 5.32 Å². The molecule has 0 saturated carbocycles. The van der Waals surface area contributed by atoms with Gasteiger partial charge >= 0.3 is 0 Å². The summed E-state index contributed by atoms with van der Waals surface area (Å²) in [6.07, 6.45) is -0.944. The van der Waals surface area contributed by atoms with Crippen LogP contribution in [0.5, 0.6) is 11.5 Å². The first-order valence-corrected chi connectivity index (χ1v) is 7.13. The molecule has 1 N–H and O–H groups in total. The van der Waals surface area contributed by atoms with Crippen LogP contribution in [0.2, 0.25) is 0 Å². The van der Waals surface area contributed by atoms with Crippen LogP contribution in [0.1, 0.15) is 24.4 Å². The molecule has 0 radical (unpaired) electrons. The maximum absolute atomic E-state index is 12.0. The Kier molecular flexibility index (Phi) is 6.20. The first-order valence-electron chi connectivity index (χ1n) is 7.13. The van der Waals surface area contributed by atoms with Crippen molar-refractivity contribution in [1.29, 1.82) is 0 Å². The Balaban J connectivity index is 1.96. The van der Waals surface area contributed by atoms with Gasteiger partial charge in [-0.1, -0.05) is 6.07 Å². The minimum atomic E-state index is -2.42. The summed E-state index contributed by atoms with van der Waals surface area (Å²) in [7, 11) is 1.83. The topological polar surface area (TPSA) is 39.7 Å². The van der Waals surface area contributed by atoms with Gasteiger partial charge in [0, 0.05) is 19.1 Å². The third-order valence-corrected chi connectivity index (χ3v) is 3.32. The smallest absolute Gasteiger partial charge is 0.261 e. The minimum Gasteiger partial charge on any atom is -0.490 e. The van der Waals surface area contributed by atoms with E-state index in [0.29, 0.717) is 19.6 Å². The Morgan fingerprint density at radius 3 is 2.71 bits per heavy atom. The van der Waals surface area contributed by atoms with Crippen molar-refractivity contribution in [1.82, 2.24) is 5.32 Å². The number of nitrogens with one attached hydrogen (secondary N) is 1. The fourth-order valence-electron chi connectivity index (χ4n) is 2.25. The van der Waals surface area contributed by atoms with Gasteiger partial charge in [0.2, 0.25) is 0 Å². The van der Waals surface area contributed by atoms with Crippen LogP contribution >= 0.6 is 0 Å². The molecule has 4 nitrogen and oxygen atoms in total. The Labute approximate surface area is 123 Å². The number of fused-ring (bicyclic) bond motifs is 1. The average molecular weight is 301 g/mol. The van der Waals surface area contributed by atoms with E-state index in [-0.39, 0.29) is 12.6 Å². The normalized spacial score (nSPS) is 15.8. The SMILES string of the molecule is CNC(CCOCC(F)F)c1ccc2c(c1)OCCCO2. The second-order valence-corrected chi connectivity index (χ2v) is 4.85. The Morgan fingerprint density at radius 1 is 1.24 bits per heavy atom. The van der Waals surface area contributed by atoms with Crippen LogP contribution in [0.3, 0.4) is 0 Å². The molecule has 118 valence electrons. The highest BCUT2D eigenvalue weighted by Crippen LogP contribution is 2.32. The van der Waals surface area contributed by atoms with Gasteiger partial charge in [-0.05, 0) is 31.2 Å². The molecule has 1 atom stereocenters. The maximum atomic E-state index is 12.0. The quantitative estimate of drug-likeness (QED) is 0.786. The van der Waals surface area contributed by atoms with E-state index < -0.39 is 13.0 Å². The number of hydrogen-bond acceptors (Lipinski definition) is 4. The lowest BCUT2D eigenvalue weighted by Gasteiger charge is -2.18. The van der Waals surface area contributed by atoms with Crippen molar-refractivity contribution in [3.05, 3.63) is 23.8 Å². The van der Waals surface area contributed by atoms with Gasteiger partial charge in [-0.3, -0.25) is 0 Å². The molecule has 1 heterocycles. The molecule has 21 heavy (non-hydrogen) atoms. The molecule has 1 aromatic rings. The summed E-state index contributed by atoms with van der Waals surface area (Å²) in [5.74, 6) is 1.49. The Bertz CT molecular complexity index is 443. The molecule has 6 heteroatoms. The monoisotopic (exact) mass is 301 g/mol. The van der Waals surface area contributed by atoms with Gasteiger partial charge in [0.15, 0.2) is 11.5 Å². The first kappa shape index (κ1) is 16.0. The lowest BCUT2D eigenvalue weighted by atomic mass is 10.0. The molecule has 2 rings (SSSR count). The van der Waals surface area contributed by atoms with Crippen LogP contribution in [0.4, 0.5) is 8.78 Å². The van der Waals surface area contributed by atoms with E-state index in [4.69, 9.17) is 14.2 Å². The number of ether oxygens (including phenoxy) is 3. The lowest BCUT2D eigenvalue weighted by molar-refractivity contribution is 0.0145. The number of alkyl halides is 2. The van der Waals surface area contributed by atoms with Gasteiger partial charge in [-0.2, -0.15) is 0 Å². The van der Waals surface area contributed by atoms with Crippen LogP contribution in [0.25, 0.3) is 0 Å². The molecule has 1 aliphatic heterocycles. The zero-order chi connectivity index (χ0) is 15.1. The third-order valence-electron chi connectivity index (χ3n) is 3.32. The summed E-state index contributed by atoms with van der Waals surface area (Å²) < 4.78 is 40.2. The van der Waals surface area contributed by atoms with Crippen molar-refractivity contribution < 1.29 is 23.0 Å². The highest BCUT2D eigenvalue weighted by atomic mass is 19.3. The van der Waals surface area contributed by atoms with E-state index in [1.807, 2.05) is 25.2 Å². The lowest BCUT2D eigenvalue weighted by Crippen LogP contribution is -2.19. The summed E-state index contributed by atoms with van der Waals surface area (Å²) in [4.78, 5) is 0. The molecule has 0 spiro atoms. The predicted octanol–water partition coefficient (Wildman–Crippen LogP) is 2.78. The van der Waals surface area contributed by atoms with E-state index >= 15 is 0 Å². The van der Waals surface area contributed by atoms with Gasteiger partial charge in [-0.25, -0.2) is 8.78 Å². The van der Waals surface area contributed by atoms with E-state index in [0.717, 1.165) is 23.5 Å². The highest BCUT2D eigenvalue weighted by molar-refractivity contribution is 5.44. The maximum Gasteiger partial charge on any atom is 0.261 e. The molecule has 0 bridgehead atoms. The standard InChI is InChI=1S/C15H21F2NO3/c1-18-12(5-8-19-10-15(16)17)11-3-4-13-14(9-11)21-7-2-6-20-13/h3-4,9,12,15,18H,2,5-8,10H2,1H3.